The van der Waals surface area contributed by atoms with E-state index in [9.17, 15) is 0 Å². The van der Waals surface area contributed by atoms with E-state index in [2.05, 4.69) is 62.5 Å². The van der Waals surface area contributed by atoms with Crippen LogP contribution in [0.25, 0.3) is 5.69 Å². The Morgan fingerprint density at radius 1 is 0.850 bits per heavy atom. The van der Waals surface area contributed by atoms with Crippen molar-refractivity contribution < 1.29 is 0 Å². The molecule has 0 aliphatic heterocycles. The van der Waals surface area contributed by atoms with Gasteiger partial charge in [0.25, 0.3) is 0 Å². The van der Waals surface area contributed by atoms with Crippen molar-refractivity contribution in [2.45, 2.75) is 0 Å². The monoisotopic (exact) mass is 372 g/mol. The maximum absolute atomic E-state index is 4.53. The number of aromatic nitrogens is 1. The van der Waals surface area contributed by atoms with Gasteiger partial charge in [-0.3, -0.25) is 4.99 Å². The molecule has 0 bridgehead atoms. The van der Waals surface area contributed by atoms with E-state index in [1.54, 1.807) is 0 Å². The molecule has 0 saturated carbocycles. The van der Waals surface area contributed by atoms with Crippen LogP contribution in [0, 0.1) is 3.57 Å². The second kappa shape index (κ2) is 6.05. The molecule has 0 saturated heterocycles. The van der Waals surface area contributed by atoms with Gasteiger partial charge in [0, 0.05) is 15.5 Å². The Morgan fingerprint density at radius 2 is 1.60 bits per heavy atom. The van der Waals surface area contributed by atoms with Gasteiger partial charge in [0.15, 0.2) is 0 Å². The van der Waals surface area contributed by atoms with Crippen molar-refractivity contribution in [1.82, 2.24) is 4.57 Å². The molecule has 3 aromatic rings. The minimum absolute atomic E-state index is 0.964. The molecule has 1 heterocycles. The third kappa shape index (κ3) is 2.99. The highest BCUT2D eigenvalue weighted by molar-refractivity contribution is 14.1. The number of rotatable bonds is 3. The van der Waals surface area contributed by atoms with Crippen LogP contribution in [0.2, 0.25) is 0 Å². The summed E-state index contributed by atoms with van der Waals surface area (Å²) in [7, 11) is 0. The van der Waals surface area contributed by atoms with Crippen molar-refractivity contribution in [2.24, 2.45) is 4.99 Å². The summed E-state index contributed by atoms with van der Waals surface area (Å²) in [4.78, 5) is 4.53. The molecule has 0 N–H and O–H groups in total. The van der Waals surface area contributed by atoms with E-state index in [0.29, 0.717) is 0 Å². The lowest BCUT2D eigenvalue weighted by atomic mass is 10.3. The standard InChI is InChI=1S/C17H13IN2/c18-14-8-10-15(11-9-14)19-13-17-7-4-12-20(17)16-5-2-1-3-6-16/h1-13H. The predicted octanol–water partition coefficient (Wildman–Crippen LogP) is 4.83. The molecule has 20 heavy (non-hydrogen) atoms. The molecule has 3 heteroatoms. The molecule has 2 nitrogen and oxygen atoms in total. The Bertz CT molecular complexity index is 712. The van der Waals surface area contributed by atoms with Gasteiger partial charge in [0.1, 0.15) is 0 Å². The number of para-hydroxylation sites is 1. The zero-order valence-corrected chi connectivity index (χ0v) is 12.9. The van der Waals surface area contributed by atoms with Crippen molar-refractivity contribution in [2.75, 3.05) is 0 Å². The van der Waals surface area contributed by atoms with Crippen LogP contribution in [0.3, 0.4) is 0 Å². The highest BCUT2D eigenvalue weighted by Gasteiger charge is 2.00. The topological polar surface area (TPSA) is 17.3 Å². The molecule has 3 rings (SSSR count). The van der Waals surface area contributed by atoms with Crippen LogP contribution in [-0.4, -0.2) is 10.8 Å². The van der Waals surface area contributed by atoms with E-state index in [0.717, 1.165) is 17.1 Å². The first-order valence-electron chi connectivity index (χ1n) is 6.35. The minimum atomic E-state index is 0.964. The van der Waals surface area contributed by atoms with Gasteiger partial charge in [-0.05, 0) is 71.1 Å². The van der Waals surface area contributed by atoms with Crippen LogP contribution < -0.4 is 0 Å². The molecule has 2 aromatic carbocycles. The fourth-order valence-corrected chi connectivity index (χ4v) is 2.35. The smallest absolute Gasteiger partial charge is 0.0639 e. The van der Waals surface area contributed by atoms with Crippen LogP contribution in [0.1, 0.15) is 5.69 Å². The Kier molecular flexibility index (Phi) is 3.97. The Hall–Kier alpha value is -1.88. The van der Waals surface area contributed by atoms with Gasteiger partial charge in [-0.25, -0.2) is 0 Å². The fourth-order valence-electron chi connectivity index (χ4n) is 1.99. The van der Waals surface area contributed by atoms with Gasteiger partial charge < -0.3 is 4.57 Å². The van der Waals surface area contributed by atoms with E-state index >= 15 is 0 Å². The summed E-state index contributed by atoms with van der Waals surface area (Å²) in [5.74, 6) is 0. The average molecular weight is 372 g/mol. The molecule has 0 spiro atoms. The molecule has 0 unspecified atom stereocenters. The normalized spacial score (nSPS) is 11.1. The van der Waals surface area contributed by atoms with Crippen molar-refractivity contribution in [1.29, 1.82) is 0 Å². The molecule has 1 aromatic heterocycles. The highest BCUT2D eigenvalue weighted by Crippen LogP contribution is 2.15. The van der Waals surface area contributed by atoms with Crippen molar-refractivity contribution >= 4 is 34.5 Å². The second-order valence-corrected chi connectivity index (χ2v) is 5.62. The summed E-state index contributed by atoms with van der Waals surface area (Å²) in [5, 5.41) is 0. The molecular formula is C17H13IN2. The fraction of sp³-hybridized carbons (Fsp3) is 0. The van der Waals surface area contributed by atoms with Crippen molar-refractivity contribution in [3.63, 3.8) is 0 Å². The second-order valence-electron chi connectivity index (χ2n) is 4.37. The Morgan fingerprint density at radius 3 is 2.35 bits per heavy atom. The largest absolute Gasteiger partial charge is 0.316 e. The van der Waals surface area contributed by atoms with Crippen molar-refractivity contribution in [3.8, 4) is 5.69 Å². The average Bonchev–Trinajstić information content (AvgIpc) is 2.96. The number of benzene rings is 2. The maximum Gasteiger partial charge on any atom is 0.0639 e. The van der Waals surface area contributed by atoms with Crippen LogP contribution in [0.15, 0.2) is 77.9 Å². The summed E-state index contributed by atoms with van der Waals surface area (Å²) >= 11 is 2.29. The summed E-state index contributed by atoms with van der Waals surface area (Å²) in [6.07, 6.45) is 3.94. The van der Waals surface area contributed by atoms with Gasteiger partial charge in [-0.1, -0.05) is 18.2 Å². The van der Waals surface area contributed by atoms with Crippen LogP contribution in [-0.2, 0) is 0 Å². The number of aliphatic imine (C=N–C) groups is 1. The van der Waals surface area contributed by atoms with Gasteiger partial charge in [0.2, 0.25) is 0 Å². The first-order valence-corrected chi connectivity index (χ1v) is 7.43. The lowest BCUT2D eigenvalue weighted by Gasteiger charge is -2.05. The van der Waals surface area contributed by atoms with E-state index < -0.39 is 0 Å². The molecule has 0 aliphatic rings. The van der Waals surface area contributed by atoms with Gasteiger partial charge in [0.05, 0.1) is 17.6 Å². The third-order valence-corrected chi connectivity index (χ3v) is 3.71. The lowest BCUT2D eigenvalue weighted by molar-refractivity contribution is 1.07. The molecule has 0 radical (unpaired) electrons. The maximum atomic E-state index is 4.53. The van der Waals surface area contributed by atoms with Crippen molar-refractivity contribution in [3.05, 3.63) is 82.2 Å². The molecule has 0 aliphatic carbocycles. The summed E-state index contributed by atoms with van der Waals surface area (Å²) in [6.45, 7) is 0. The van der Waals surface area contributed by atoms with E-state index in [4.69, 9.17) is 0 Å². The Balaban J connectivity index is 1.89. The molecular weight excluding hydrogens is 359 g/mol. The third-order valence-electron chi connectivity index (χ3n) is 2.99. The van der Waals surface area contributed by atoms with E-state index in [-0.39, 0.29) is 0 Å². The van der Waals surface area contributed by atoms with E-state index in [1.165, 1.54) is 3.57 Å². The quantitative estimate of drug-likeness (QED) is 0.463. The summed E-state index contributed by atoms with van der Waals surface area (Å²) < 4.78 is 3.34. The Labute approximate surface area is 131 Å². The summed E-state index contributed by atoms with van der Waals surface area (Å²) in [5.41, 5.74) is 3.17. The lowest BCUT2D eigenvalue weighted by Crippen LogP contribution is -1.97. The zero-order chi connectivity index (χ0) is 13.8. The van der Waals surface area contributed by atoms with Crippen LogP contribution in [0.4, 0.5) is 5.69 Å². The number of halogens is 1. The zero-order valence-electron chi connectivity index (χ0n) is 10.8. The van der Waals surface area contributed by atoms with Gasteiger partial charge >= 0.3 is 0 Å². The molecule has 0 atom stereocenters. The minimum Gasteiger partial charge on any atom is -0.316 e. The number of nitrogens with zero attached hydrogens (tertiary/aromatic N) is 2. The SMILES string of the molecule is Ic1ccc(N=Cc2cccn2-c2ccccc2)cc1. The summed E-state index contributed by atoms with van der Waals surface area (Å²) in [6, 6.07) is 22.5. The van der Waals surface area contributed by atoms with Crippen LogP contribution >= 0.6 is 22.6 Å². The molecule has 0 amide bonds. The number of hydrogen-bond donors (Lipinski definition) is 0. The van der Waals surface area contributed by atoms with Gasteiger partial charge in [-0.15, -0.1) is 0 Å². The van der Waals surface area contributed by atoms with Gasteiger partial charge in [-0.2, -0.15) is 0 Å². The number of hydrogen-bond acceptors (Lipinski definition) is 1. The molecule has 98 valence electrons. The first kappa shape index (κ1) is 13.1. The molecule has 0 fully saturated rings. The van der Waals surface area contributed by atoms with E-state index in [1.807, 2.05) is 48.8 Å². The first-order chi connectivity index (χ1) is 9.83. The highest BCUT2D eigenvalue weighted by atomic mass is 127. The van der Waals surface area contributed by atoms with Crippen LogP contribution in [0.5, 0.6) is 0 Å². The predicted molar refractivity (Wildman–Crippen MR) is 92.2 cm³/mol.